The highest BCUT2D eigenvalue weighted by molar-refractivity contribution is 5.98. The number of esters is 1. The maximum absolute atomic E-state index is 11.6. The fraction of sp³-hybridized carbons (Fsp3) is 0.400. The maximum atomic E-state index is 11.6. The van der Waals surface area contributed by atoms with E-state index in [4.69, 9.17) is 4.74 Å². The Bertz CT molecular complexity index is 496. The van der Waals surface area contributed by atoms with E-state index in [-0.39, 0.29) is 5.56 Å². The standard InChI is InChI=1S/C10H12N4O4/c1-13-5-7(4-12-13)9(16)18-6-8(15)14-3-2-11-10(14)17/h4-5H,2-3,6H2,1H3,(H,11,17). The Morgan fingerprint density at radius 2 is 2.33 bits per heavy atom. The van der Waals surface area contributed by atoms with Crippen LogP contribution in [0.3, 0.4) is 0 Å². The number of hydrogen-bond acceptors (Lipinski definition) is 5. The van der Waals surface area contributed by atoms with E-state index in [0.717, 1.165) is 4.90 Å². The van der Waals surface area contributed by atoms with Crippen molar-refractivity contribution in [1.29, 1.82) is 0 Å². The number of imide groups is 1. The Balaban J connectivity index is 1.86. The first-order chi connectivity index (χ1) is 8.58. The lowest BCUT2D eigenvalue weighted by atomic mass is 10.4. The largest absolute Gasteiger partial charge is 0.452 e. The highest BCUT2D eigenvalue weighted by Crippen LogP contribution is 2.02. The Labute approximate surface area is 102 Å². The summed E-state index contributed by atoms with van der Waals surface area (Å²) in [6.45, 7) is 0.254. The van der Waals surface area contributed by atoms with Gasteiger partial charge in [0.1, 0.15) is 0 Å². The van der Waals surface area contributed by atoms with Crippen molar-refractivity contribution < 1.29 is 19.1 Å². The molecule has 0 spiro atoms. The summed E-state index contributed by atoms with van der Waals surface area (Å²) in [5.41, 5.74) is 0.260. The van der Waals surface area contributed by atoms with Gasteiger partial charge >= 0.3 is 12.0 Å². The molecule has 0 radical (unpaired) electrons. The summed E-state index contributed by atoms with van der Waals surface area (Å²) >= 11 is 0. The van der Waals surface area contributed by atoms with Crippen LogP contribution in [-0.2, 0) is 16.6 Å². The summed E-state index contributed by atoms with van der Waals surface area (Å²) in [4.78, 5) is 35.3. The van der Waals surface area contributed by atoms with Crippen molar-refractivity contribution in [3.8, 4) is 0 Å². The Morgan fingerprint density at radius 1 is 1.56 bits per heavy atom. The lowest BCUT2D eigenvalue weighted by molar-refractivity contribution is -0.130. The molecule has 8 nitrogen and oxygen atoms in total. The van der Waals surface area contributed by atoms with Crippen LogP contribution in [0.25, 0.3) is 0 Å². The van der Waals surface area contributed by atoms with Crippen LogP contribution in [0.2, 0.25) is 0 Å². The minimum absolute atomic E-state index is 0.260. The van der Waals surface area contributed by atoms with E-state index in [9.17, 15) is 14.4 Å². The molecule has 3 amide bonds. The van der Waals surface area contributed by atoms with Crippen molar-refractivity contribution >= 4 is 17.9 Å². The lowest BCUT2D eigenvalue weighted by Crippen LogP contribution is -2.37. The molecule has 8 heteroatoms. The van der Waals surface area contributed by atoms with E-state index in [2.05, 4.69) is 10.4 Å². The van der Waals surface area contributed by atoms with E-state index in [1.807, 2.05) is 0 Å². The van der Waals surface area contributed by atoms with Gasteiger partial charge in [0.25, 0.3) is 5.91 Å². The number of nitrogens with zero attached hydrogens (tertiary/aromatic N) is 3. The van der Waals surface area contributed by atoms with Crippen LogP contribution in [0, 0.1) is 0 Å². The van der Waals surface area contributed by atoms with E-state index >= 15 is 0 Å². The van der Waals surface area contributed by atoms with Crippen molar-refractivity contribution in [2.75, 3.05) is 19.7 Å². The Morgan fingerprint density at radius 3 is 2.89 bits per heavy atom. The molecule has 96 valence electrons. The average molecular weight is 252 g/mol. The van der Waals surface area contributed by atoms with Crippen molar-refractivity contribution in [2.24, 2.45) is 7.05 Å². The normalized spacial score (nSPS) is 14.5. The van der Waals surface area contributed by atoms with Crippen LogP contribution in [0.1, 0.15) is 10.4 Å². The zero-order chi connectivity index (χ0) is 13.1. The van der Waals surface area contributed by atoms with Gasteiger partial charge in [0.15, 0.2) is 6.61 Å². The van der Waals surface area contributed by atoms with Crippen molar-refractivity contribution in [3.63, 3.8) is 0 Å². The molecule has 0 aliphatic carbocycles. The van der Waals surface area contributed by atoms with E-state index < -0.39 is 24.5 Å². The molecule has 1 aromatic rings. The molecule has 1 fully saturated rings. The Kier molecular flexibility index (Phi) is 3.26. The van der Waals surface area contributed by atoms with Crippen LogP contribution in [0.5, 0.6) is 0 Å². The highest BCUT2D eigenvalue weighted by atomic mass is 16.5. The first-order valence-electron chi connectivity index (χ1n) is 5.32. The van der Waals surface area contributed by atoms with E-state index in [1.165, 1.54) is 17.1 Å². The number of aromatic nitrogens is 2. The molecule has 1 aromatic heterocycles. The van der Waals surface area contributed by atoms with Crippen molar-refractivity contribution in [3.05, 3.63) is 18.0 Å². The predicted molar refractivity (Wildman–Crippen MR) is 58.6 cm³/mol. The summed E-state index contributed by atoms with van der Waals surface area (Å²) in [7, 11) is 1.66. The van der Waals surface area contributed by atoms with Gasteiger partial charge in [-0.2, -0.15) is 5.10 Å². The fourth-order valence-electron chi connectivity index (χ4n) is 1.52. The smallest absolute Gasteiger partial charge is 0.341 e. The number of aryl methyl sites for hydroxylation is 1. The van der Waals surface area contributed by atoms with Gasteiger partial charge in [-0.15, -0.1) is 0 Å². The number of rotatable bonds is 3. The van der Waals surface area contributed by atoms with Crippen LogP contribution < -0.4 is 5.32 Å². The molecule has 0 unspecified atom stereocenters. The minimum Gasteiger partial charge on any atom is -0.452 e. The van der Waals surface area contributed by atoms with E-state index in [0.29, 0.717) is 13.1 Å². The zero-order valence-corrected chi connectivity index (χ0v) is 9.75. The number of carbonyl (C=O) groups is 3. The van der Waals surface area contributed by atoms with Crippen LogP contribution in [0.15, 0.2) is 12.4 Å². The second-order valence-corrected chi connectivity index (χ2v) is 3.76. The number of hydrogen-bond donors (Lipinski definition) is 1. The Hall–Kier alpha value is -2.38. The number of carbonyl (C=O) groups excluding carboxylic acids is 3. The summed E-state index contributed by atoms with van der Waals surface area (Å²) in [6, 6.07) is -0.461. The molecular formula is C10H12N4O4. The molecule has 2 rings (SSSR count). The molecule has 1 aliphatic rings. The summed E-state index contributed by atoms with van der Waals surface area (Å²) in [5, 5.41) is 6.30. The predicted octanol–water partition coefficient (Wildman–Crippen LogP) is -0.871. The monoisotopic (exact) mass is 252 g/mol. The molecule has 1 aliphatic heterocycles. The molecule has 0 saturated carbocycles. The van der Waals surface area contributed by atoms with Gasteiger partial charge in [0, 0.05) is 26.3 Å². The second-order valence-electron chi connectivity index (χ2n) is 3.76. The zero-order valence-electron chi connectivity index (χ0n) is 9.75. The van der Waals surface area contributed by atoms with Crippen molar-refractivity contribution in [1.82, 2.24) is 20.0 Å². The third-order valence-corrected chi connectivity index (χ3v) is 2.43. The molecule has 0 atom stereocenters. The SMILES string of the molecule is Cn1cc(C(=O)OCC(=O)N2CCNC2=O)cn1. The first-order valence-corrected chi connectivity index (χ1v) is 5.32. The summed E-state index contributed by atoms with van der Waals surface area (Å²) in [6.07, 6.45) is 2.82. The second kappa shape index (κ2) is 4.86. The third kappa shape index (κ3) is 2.47. The molecular weight excluding hydrogens is 240 g/mol. The average Bonchev–Trinajstić information content (AvgIpc) is 2.94. The number of nitrogens with one attached hydrogen (secondary N) is 1. The molecule has 0 bridgehead atoms. The molecule has 0 aromatic carbocycles. The number of ether oxygens (including phenoxy) is 1. The van der Waals surface area contributed by atoms with Gasteiger partial charge in [0.05, 0.1) is 11.8 Å². The third-order valence-electron chi connectivity index (χ3n) is 2.43. The molecule has 18 heavy (non-hydrogen) atoms. The minimum atomic E-state index is -0.643. The summed E-state index contributed by atoms with van der Waals surface area (Å²) < 4.78 is 6.25. The molecule has 1 saturated heterocycles. The van der Waals surface area contributed by atoms with Gasteiger partial charge in [-0.25, -0.2) is 9.59 Å². The maximum Gasteiger partial charge on any atom is 0.341 e. The quantitative estimate of drug-likeness (QED) is 0.706. The van der Waals surface area contributed by atoms with Gasteiger partial charge in [0.2, 0.25) is 0 Å². The fourth-order valence-corrected chi connectivity index (χ4v) is 1.52. The van der Waals surface area contributed by atoms with Gasteiger partial charge in [-0.3, -0.25) is 14.4 Å². The van der Waals surface area contributed by atoms with Gasteiger partial charge in [-0.05, 0) is 0 Å². The molecule has 2 heterocycles. The van der Waals surface area contributed by atoms with Gasteiger partial charge in [-0.1, -0.05) is 0 Å². The topological polar surface area (TPSA) is 93.5 Å². The van der Waals surface area contributed by atoms with Crippen LogP contribution in [0.4, 0.5) is 4.79 Å². The summed E-state index contributed by atoms with van der Waals surface area (Å²) in [5.74, 6) is -1.18. The van der Waals surface area contributed by atoms with Crippen LogP contribution >= 0.6 is 0 Å². The molecule has 1 N–H and O–H groups in total. The first kappa shape index (κ1) is 12.1. The number of urea groups is 1. The lowest BCUT2D eigenvalue weighted by Gasteiger charge is -2.11. The van der Waals surface area contributed by atoms with E-state index in [1.54, 1.807) is 7.05 Å². The van der Waals surface area contributed by atoms with Crippen molar-refractivity contribution in [2.45, 2.75) is 0 Å². The highest BCUT2D eigenvalue weighted by Gasteiger charge is 2.26. The number of amides is 3. The van der Waals surface area contributed by atoms with Crippen LogP contribution in [-0.4, -0.2) is 52.3 Å². The van der Waals surface area contributed by atoms with Gasteiger partial charge < -0.3 is 10.1 Å².